The average molecular weight is 308 g/mol. The van der Waals surface area contributed by atoms with Crippen molar-refractivity contribution < 1.29 is 23.4 Å². The summed E-state index contributed by atoms with van der Waals surface area (Å²) in [6, 6.07) is 7.00. The molecule has 1 aromatic rings. The van der Waals surface area contributed by atoms with E-state index in [4.69, 9.17) is 9.26 Å². The van der Waals surface area contributed by atoms with E-state index in [9.17, 15) is 9.36 Å². The lowest BCUT2D eigenvalue weighted by Crippen LogP contribution is -2.16. The first-order valence-corrected chi connectivity index (χ1v) is 8.13. The molecule has 0 N–H and O–H groups in total. The van der Waals surface area contributed by atoms with E-state index in [1.165, 1.54) is 19.4 Å². The van der Waals surface area contributed by atoms with Crippen LogP contribution in [0.2, 0.25) is 0 Å². The van der Waals surface area contributed by atoms with Crippen LogP contribution in [0.1, 0.15) is 13.8 Å². The first-order valence-electron chi connectivity index (χ1n) is 6.51. The van der Waals surface area contributed by atoms with Gasteiger partial charge in [0.2, 0.25) is 0 Å². The van der Waals surface area contributed by atoms with Crippen LogP contribution in [-0.4, -0.2) is 19.7 Å². The van der Waals surface area contributed by atoms with Gasteiger partial charge in [-0.1, -0.05) is 12.1 Å². The number of esters is 1. The molecule has 6 heteroatoms. The second kappa shape index (κ2) is 6.29. The molecule has 0 amide bonds. The van der Waals surface area contributed by atoms with Crippen LogP contribution in [0.4, 0.5) is 0 Å². The third-order valence-corrected chi connectivity index (χ3v) is 5.55. The number of hydrogen-bond donors (Lipinski definition) is 0. The summed E-state index contributed by atoms with van der Waals surface area (Å²) in [4.78, 5) is 11.5. The molecule has 1 heterocycles. The van der Waals surface area contributed by atoms with Crippen molar-refractivity contribution in [2.24, 2.45) is 0 Å². The molecule has 0 aromatic heterocycles. The van der Waals surface area contributed by atoms with Crippen molar-refractivity contribution in [2.45, 2.75) is 13.8 Å². The van der Waals surface area contributed by atoms with Crippen molar-refractivity contribution in [3.63, 3.8) is 0 Å². The average Bonchev–Trinajstić information content (AvgIpc) is 2.50. The summed E-state index contributed by atoms with van der Waals surface area (Å²) in [6.07, 6.45) is 2.85. The van der Waals surface area contributed by atoms with E-state index < -0.39 is 13.3 Å². The summed E-state index contributed by atoms with van der Waals surface area (Å²) in [5.74, 6) is 0.0139. The molecule has 112 valence electrons. The normalized spacial score (nSPS) is 21.1. The molecule has 1 aliphatic rings. The molecule has 0 bridgehead atoms. The second-order valence-corrected chi connectivity index (χ2v) is 6.78. The SMILES string of the molecule is CCOP1(=O)C(/C=C(\C)C(=O)OC)=COc2ccccc21. The van der Waals surface area contributed by atoms with Gasteiger partial charge in [0.15, 0.2) is 0 Å². The van der Waals surface area contributed by atoms with Gasteiger partial charge in [-0.2, -0.15) is 0 Å². The quantitative estimate of drug-likeness (QED) is 0.486. The number of ether oxygens (including phenoxy) is 2. The first-order chi connectivity index (χ1) is 10.0. The number of carbonyl (C=O) groups excluding carboxylic acids is 1. The fourth-order valence-electron chi connectivity index (χ4n) is 2.02. The first kappa shape index (κ1) is 15.5. The zero-order valence-corrected chi connectivity index (χ0v) is 13.1. The maximum absolute atomic E-state index is 13.3. The van der Waals surface area contributed by atoms with E-state index in [1.807, 2.05) is 0 Å². The Labute approximate surface area is 123 Å². The van der Waals surface area contributed by atoms with Gasteiger partial charge in [0, 0.05) is 5.57 Å². The smallest absolute Gasteiger partial charge is 0.333 e. The fraction of sp³-hybridized carbons (Fsp3) is 0.267. The Morgan fingerprint density at radius 2 is 2.10 bits per heavy atom. The third kappa shape index (κ3) is 2.94. The molecular formula is C15H17O5P. The van der Waals surface area contributed by atoms with Crippen molar-refractivity contribution in [1.82, 2.24) is 0 Å². The van der Waals surface area contributed by atoms with Gasteiger partial charge >= 0.3 is 5.97 Å². The molecule has 1 atom stereocenters. The number of methoxy groups -OCH3 is 1. The van der Waals surface area contributed by atoms with Crippen LogP contribution in [0.3, 0.4) is 0 Å². The van der Waals surface area contributed by atoms with Gasteiger partial charge in [-0.15, -0.1) is 0 Å². The second-order valence-electron chi connectivity index (χ2n) is 4.42. The van der Waals surface area contributed by atoms with Crippen LogP contribution in [0.15, 0.2) is 47.5 Å². The molecular weight excluding hydrogens is 291 g/mol. The van der Waals surface area contributed by atoms with Gasteiger partial charge < -0.3 is 14.0 Å². The molecule has 1 aromatic carbocycles. The molecule has 5 nitrogen and oxygen atoms in total. The van der Waals surface area contributed by atoms with Gasteiger partial charge in [0.25, 0.3) is 7.37 Å². The zero-order chi connectivity index (χ0) is 15.5. The molecule has 1 unspecified atom stereocenters. The molecule has 0 saturated heterocycles. The summed E-state index contributed by atoms with van der Waals surface area (Å²) in [7, 11) is -1.97. The van der Waals surface area contributed by atoms with Crippen molar-refractivity contribution in [3.05, 3.63) is 47.5 Å². The summed E-state index contributed by atoms with van der Waals surface area (Å²) >= 11 is 0. The van der Waals surface area contributed by atoms with Gasteiger partial charge in [0.1, 0.15) is 12.0 Å². The molecule has 21 heavy (non-hydrogen) atoms. The number of fused-ring (bicyclic) bond motifs is 1. The minimum atomic E-state index is -3.27. The van der Waals surface area contributed by atoms with Crippen LogP contribution in [0.25, 0.3) is 0 Å². The van der Waals surface area contributed by atoms with Crippen molar-refractivity contribution >= 4 is 18.6 Å². The van der Waals surface area contributed by atoms with Crippen LogP contribution in [-0.2, 0) is 18.6 Å². The van der Waals surface area contributed by atoms with E-state index in [2.05, 4.69) is 4.74 Å². The molecule has 1 aliphatic heterocycles. The number of carbonyl (C=O) groups is 1. The van der Waals surface area contributed by atoms with Crippen LogP contribution < -0.4 is 10.0 Å². The van der Waals surface area contributed by atoms with Crippen LogP contribution in [0, 0.1) is 0 Å². The molecule has 0 aliphatic carbocycles. The molecule has 0 fully saturated rings. The number of allylic oxidation sites excluding steroid dienone is 2. The number of para-hydroxylation sites is 1. The van der Waals surface area contributed by atoms with Gasteiger partial charge in [0.05, 0.1) is 24.3 Å². The lowest BCUT2D eigenvalue weighted by molar-refractivity contribution is -0.136. The summed E-state index contributed by atoms with van der Waals surface area (Å²) in [6.45, 7) is 3.64. The predicted molar refractivity (Wildman–Crippen MR) is 79.8 cm³/mol. The summed E-state index contributed by atoms with van der Waals surface area (Å²) in [5.41, 5.74) is 0.326. The van der Waals surface area contributed by atoms with E-state index in [0.717, 1.165) is 0 Å². The Hall–Kier alpha value is -1.84. The fourth-order valence-corrected chi connectivity index (χ4v) is 4.20. The van der Waals surface area contributed by atoms with Gasteiger partial charge in [-0.3, -0.25) is 4.57 Å². The summed E-state index contributed by atoms with van der Waals surface area (Å²) < 4.78 is 28.9. The van der Waals surface area contributed by atoms with E-state index in [0.29, 0.717) is 21.9 Å². The molecule has 0 saturated carbocycles. The Balaban J connectivity index is 2.50. The van der Waals surface area contributed by atoms with E-state index in [-0.39, 0.29) is 6.61 Å². The van der Waals surface area contributed by atoms with Gasteiger partial charge in [-0.25, -0.2) is 4.79 Å². The van der Waals surface area contributed by atoms with Crippen LogP contribution in [0.5, 0.6) is 5.75 Å². The monoisotopic (exact) mass is 308 g/mol. The Morgan fingerprint density at radius 3 is 2.76 bits per heavy atom. The zero-order valence-electron chi connectivity index (χ0n) is 12.2. The Kier molecular flexibility index (Phi) is 4.66. The standard InChI is InChI=1S/C15H17O5P/c1-4-20-21(17)12(9-11(2)15(16)18-3)10-19-13-7-5-6-8-14(13)21/h5-10H,4H2,1-3H3/b11-9+. The van der Waals surface area contributed by atoms with Gasteiger partial charge in [-0.05, 0) is 32.1 Å². The van der Waals surface area contributed by atoms with Crippen molar-refractivity contribution in [2.75, 3.05) is 13.7 Å². The molecule has 2 rings (SSSR count). The lowest BCUT2D eigenvalue weighted by Gasteiger charge is -2.25. The largest absolute Gasteiger partial charge is 0.466 e. The lowest BCUT2D eigenvalue weighted by atomic mass is 10.3. The highest BCUT2D eigenvalue weighted by Gasteiger charge is 2.36. The predicted octanol–water partition coefficient (Wildman–Crippen LogP) is 2.98. The topological polar surface area (TPSA) is 61.8 Å². The molecule has 0 radical (unpaired) electrons. The number of rotatable bonds is 4. The van der Waals surface area contributed by atoms with E-state index >= 15 is 0 Å². The van der Waals surface area contributed by atoms with Crippen LogP contribution >= 0.6 is 7.37 Å². The highest BCUT2D eigenvalue weighted by molar-refractivity contribution is 7.71. The third-order valence-electron chi connectivity index (χ3n) is 3.01. The maximum Gasteiger partial charge on any atom is 0.333 e. The highest BCUT2D eigenvalue weighted by atomic mass is 31.2. The van der Waals surface area contributed by atoms with Crippen molar-refractivity contribution in [3.8, 4) is 5.75 Å². The Bertz CT molecular complexity index is 660. The minimum absolute atomic E-state index is 0.286. The highest BCUT2D eigenvalue weighted by Crippen LogP contribution is 2.58. The Morgan fingerprint density at radius 1 is 1.38 bits per heavy atom. The maximum atomic E-state index is 13.3. The minimum Gasteiger partial charge on any atom is -0.466 e. The number of benzene rings is 1. The van der Waals surface area contributed by atoms with Crippen molar-refractivity contribution in [1.29, 1.82) is 0 Å². The summed E-state index contributed by atoms with van der Waals surface area (Å²) in [5, 5.41) is 0.837. The molecule has 0 spiro atoms. The number of hydrogen-bond acceptors (Lipinski definition) is 5. The van der Waals surface area contributed by atoms with E-state index in [1.54, 1.807) is 38.1 Å².